The molecule has 1 fully saturated rings. The fourth-order valence-electron chi connectivity index (χ4n) is 1.54. The highest BCUT2D eigenvalue weighted by Gasteiger charge is 2.33. The zero-order valence-electron chi connectivity index (χ0n) is 9.82. The molecule has 1 atom stereocenters. The number of hydrogen-bond donors (Lipinski definition) is 2. The molecule has 1 aliphatic rings. The first-order valence-corrected chi connectivity index (χ1v) is 7.26. The molecule has 1 rings (SSSR count). The third kappa shape index (κ3) is 3.75. The van der Waals surface area contributed by atoms with Crippen LogP contribution in [0.2, 0.25) is 0 Å². The Kier molecular flexibility index (Phi) is 3.96. The van der Waals surface area contributed by atoms with E-state index in [1.165, 1.54) is 0 Å². The minimum atomic E-state index is -2.99. The summed E-state index contributed by atoms with van der Waals surface area (Å²) in [5.41, 5.74) is 5.40. The van der Waals surface area contributed by atoms with Gasteiger partial charge in [0.2, 0.25) is 5.91 Å². The molecule has 3 N–H and O–H groups in total. The average Bonchev–Trinajstić information content (AvgIpc) is 2.55. The van der Waals surface area contributed by atoms with Gasteiger partial charge in [-0.1, -0.05) is 13.8 Å². The van der Waals surface area contributed by atoms with E-state index in [-0.39, 0.29) is 28.7 Å². The molecule has 94 valence electrons. The monoisotopic (exact) mass is 248 g/mol. The van der Waals surface area contributed by atoms with Gasteiger partial charge in [-0.3, -0.25) is 4.79 Å². The van der Waals surface area contributed by atoms with Crippen LogP contribution < -0.4 is 11.1 Å². The van der Waals surface area contributed by atoms with Crippen molar-refractivity contribution in [2.45, 2.75) is 20.3 Å². The van der Waals surface area contributed by atoms with Gasteiger partial charge in [0.25, 0.3) is 0 Å². The van der Waals surface area contributed by atoms with Gasteiger partial charge in [0.05, 0.1) is 17.4 Å². The molecule has 1 aliphatic heterocycles. The first kappa shape index (κ1) is 13.4. The molecule has 0 saturated carbocycles. The normalized spacial score (nSPS) is 24.3. The predicted molar refractivity (Wildman–Crippen MR) is 62.6 cm³/mol. The van der Waals surface area contributed by atoms with E-state index in [0.29, 0.717) is 19.5 Å². The van der Waals surface area contributed by atoms with Crippen molar-refractivity contribution >= 4 is 15.7 Å². The summed E-state index contributed by atoms with van der Waals surface area (Å²) in [6.45, 7) is 4.88. The number of nitrogens with one attached hydrogen (secondary N) is 1. The molecule has 0 aromatic carbocycles. The summed E-state index contributed by atoms with van der Waals surface area (Å²) < 4.78 is 22.4. The van der Waals surface area contributed by atoms with E-state index in [1.54, 1.807) is 0 Å². The number of amides is 1. The van der Waals surface area contributed by atoms with Crippen LogP contribution in [0.25, 0.3) is 0 Å². The molecule has 0 radical (unpaired) electrons. The van der Waals surface area contributed by atoms with E-state index in [1.807, 2.05) is 13.8 Å². The lowest BCUT2D eigenvalue weighted by Gasteiger charge is -2.23. The third-order valence-corrected chi connectivity index (χ3v) is 4.66. The minimum Gasteiger partial charge on any atom is -0.355 e. The van der Waals surface area contributed by atoms with Crippen molar-refractivity contribution in [1.29, 1.82) is 0 Å². The van der Waals surface area contributed by atoms with Gasteiger partial charge in [-0.05, 0) is 18.4 Å². The van der Waals surface area contributed by atoms with Gasteiger partial charge in [-0.2, -0.15) is 0 Å². The summed E-state index contributed by atoms with van der Waals surface area (Å²) in [7, 11) is -2.99. The fraction of sp³-hybridized carbons (Fsp3) is 0.900. The summed E-state index contributed by atoms with van der Waals surface area (Å²) in [4.78, 5) is 11.7. The molecule has 0 aromatic heterocycles. The Hall–Kier alpha value is -0.620. The van der Waals surface area contributed by atoms with Gasteiger partial charge in [-0.25, -0.2) is 8.42 Å². The van der Waals surface area contributed by atoms with Gasteiger partial charge >= 0.3 is 0 Å². The van der Waals surface area contributed by atoms with Crippen molar-refractivity contribution in [1.82, 2.24) is 5.32 Å². The molecular formula is C10H20N2O3S. The summed E-state index contributed by atoms with van der Waals surface area (Å²) >= 11 is 0. The minimum absolute atomic E-state index is 0.0120. The molecule has 1 amide bonds. The lowest BCUT2D eigenvalue weighted by Crippen LogP contribution is -2.41. The largest absolute Gasteiger partial charge is 0.355 e. The Morgan fingerprint density at radius 3 is 2.56 bits per heavy atom. The van der Waals surface area contributed by atoms with E-state index in [2.05, 4.69) is 5.32 Å². The van der Waals surface area contributed by atoms with Crippen LogP contribution in [-0.2, 0) is 14.6 Å². The highest BCUT2D eigenvalue weighted by Crippen LogP contribution is 2.19. The topological polar surface area (TPSA) is 89.3 Å². The van der Waals surface area contributed by atoms with E-state index in [9.17, 15) is 13.2 Å². The van der Waals surface area contributed by atoms with Crippen LogP contribution in [0.5, 0.6) is 0 Å². The van der Waals surface area contributed by atoms with Crippen LogP contribution >= 0.6 is 0 Å². The molecule has 0 aliphatic carbocycles. The van der Waals surface area contributed by atoms with Crippen LogP contribution in [0, 0.1) is 11.3 Å². The zero-order chi connectivity index (χ0) is 12.4. The molecule has 16 heavy (non-hydrogen) atoms. The van der Waals surface area contributed by atoms with E-state index in [4.69, 9.17) is 5.73 Å². The summed E-state index contributed by atoms with van der Waals surface area (Å²) in [5.74, 6) is -0.422. The molecular weight excluding hydrogens is 228 g/mol. The van der Waals surface area contributed by atoms with Crippen molar-refractivity contribution < 1.29 is 13.2 Å². The zero-order valence-corrected chi connectivity index (χ0v) is 10.6. The number of carbonyl (C=O) groups is 1. The smallest absolute Gasteiger partial charge is 0.224 e. The number of nitrogens with two attached hydrogens (primary N) is 1. The molecule has 1 saturated heterocycles. The van der Waals surface area contributed by atoms with E-state index in [0.717, 1.165) is 0 Å². The second kappa shape index (κ2) is 4.71. The lowest BCUT2D eigenvalue weighted by atomic mass is 9.93. The number of carbonyl (C=O) groups excluding carboxylic acids is 1. The van der Waals surface area contributed by atoms with Crippen LogP contribution in [-0.4, -0.2) is 38.9 Å². The Morgan fingerprint density at radius 1 is 1.50 bits per heavy atom. The maximum Gasteiger partial charge on any atom is 0.224 e. The van der Waals surface area contributed by atoms with E-state index < -0.39 is 9.84 Å². The highest BCUT2D eigenvalue weighted by molar-refractivity contribution is 7.91. The third-order valence-electron chi connectivity index (χ3n) is 2.90. The maximum absolute atomic E-state index is 11.7. The lowest BCUT2D eigenvalue weighted by molar-refractivity contribution is -0.124. The molecule has 0 spiro atoms. The summed E-state index contributed by atoms with van der Waals surface area (Å²) in [6.07, 6.45) is 0.442. The van der Waals surface area contributed by atoms with E-state index >= 15 is 0 Å². The van der Waals surface area contributed by atoms with Gasteiger partial charge < -0.3 is 11.1 Å². The van der Waals surface area contributed by atoms with Crippen molar-refractivity contribution in [3.05, 3.63) is 0 Å². The SMILES string of the molecule is CC(C)(CN)CNC(=O)C1CCS(=O)(=O)C1. The van der Waals surface area contributed by atoms with Crippen molar-refractivity contribution in [2.75, 3.05) is 24.6 Å². The summed E-state index contributed by atoms with van der Waals surface area (Å²) in [5, 5.41) is 2.77. The molecule has 1 heterocycles. The van der Waals surface area contributed by atoms with Crippen LogP contribution in [0.4, 0.5) is 0 Å². The number of rotatable bonds is 4. The summed E-state index contributed by atoms with van der Waals surface area (Å²) in [6, 6.07) is 0. The highest BCUT2D eigenvalue weighted by atomic mass is 32.2. The maximum atomic E-state index is 11.7. The molecule has 5 nitrogen and oxygen atoms in total. The second-order valence-electron chi connectivity index (χ2n) is 5.19. The fourth-order valence-corrected chi connectivity index (χ4v) is 3.29. The van der Waals surface area contributed by atoms with Gasteiger partial charge in [0, 0.05) is 6.54 Å². The first-order chi connectivity index (χ1) is 7.26. The Balaban J connectivity index is 2.43. The van der Waals surface area contributed by atoms with Gasteiger partial charge in [-0.15, -0.1) is 0 Å². The molecule has 6 heteroatoms. The predicted octanol–water partition coefficient (Wildman–Crippen LogP) is -0.478. The van der Waals surface area contributed by atoms with Crippen molar-refractivity contribution in [3.8, 4) is 0 Å². The average molecular weight is 248 g/mol. The number of hydrogen-bond acceptors (Lipinski definition) is 4. The first-order valence-electron chi connectivity index (χ1n) is 5.44. The standard InChI is InChI=1S/C10H20N2O3S/c1-10(2,6-11)7-12-9(13)8-3-4-16(14,15)5-8/h8H,3-7,11H2,1-2H3,(H,12,13). The molecule has 0 aromatic rings. The second-order valence-corrected chi connectivity index (χ2v) is 7.41. The van der Waals surface area contributed by atoms with Crippen LogP contribution in [0.15, 0.2) is 0 Å². The van der Waals surface area contributed by atoms with Gasteiger partial charge in [0.15, 0.2) is 9.84 Å². The van der Waals surface area contributed by atoms with Crippen LogP contribution in [0.3, 0.4) is 0 Å². The molecule has 0 bridgehead atoms. The Morgan fingerprint density at radius 2 is 2.12 bits per heavy atom. The van der Waals surface area contributed by atoms with Crippen LogP contribution in [0.1, 0.15) is 20.3 Å². The number of sulfone groups is 1. The van der Waals surface area contributed by atoms with Crippen molar-refractivity contribution in [2.24, 2.45) is 17.1 Å². The van der Waals surface area contributed by atoms with Crippen molar-refractivity contribution in [3.63, 3.8) is 0 Å². The Labute approximate surface area is 96.7 Å². The molecule has 1 unspecified atom stereocenters. The van der Waals surface area contributed by atoms with Gasteiger partial charge in [0.1, 0.15) is 0 Å². The Bertz CT molecular complexity index is 362. The quantitative estimate of drug-likeness (QED) is 0.703.